The Morgan fingerprint density at radius 3 is 2.62 bits per heavy atom. The van der Waals surface area contributed by atoms with E-state index in [-0.39, 0.29) is 12.4 Å². The van der Waals surface area contributed by atoms with Gasteiger partial charge in [-0.1, -0.05) is 0 Å². The maximum absolute atomic E-state index is 12.5. The molecule has 2 aliphatic rings. The minimum Gasteiger partial charge on any atom is -0.497 e. The van der Waals surface area contributed by atoms with E-state index in [0.717, 1.165) is 43.9 Å². The topological polar surface area (TPSA) is 50.8 Å². The van der Waals surface area contributed by atoms with Gasteiger partial charge in [-0.25, -0.2) is 0 Å². The van der Waals surface area contributed by atoms with Crippen molar-refractivity contribution >= 4 is 18.3 Å². The molecule has 2 fully saturated rings. The van der Waals surface area contributed by atoms with Crippen LogP contribution in [0.15, 0.2) is 24.3 Å². The van der Waals surface area contributed by atoms with Crippen LogP contribution in [0.4, 0.5) is 0 Å². The van der Waals surface area contributed by atoms with Gasteiger partial charge in [0.15, 0.2) is 0 Å². The highest BCUT2D eigenvalue weighted by Crippen LogP contribution is 2.28. The SMILES string of the molecule is COc1ccc(OCCCC(=O)N2C3CCNCC2CC3)cc1.Cl. The Morgan fingerprint density at radius 1 is 1.17 bits per heavy atom. The molecule has 134 valence electrons. The summed E-state index contributed by atoms with van der Waals surface area (Å²) < 4.78 is 10.8. The predicted molar refractivity (Wildman–Crippen MR) is 96.1 cm³/mol. The monoisotopic (exact) mass is 354 g/mol. The average molecular weight is 355 g/mol. The van der Waals surface area contributed by atoms with Gasteiger partial charge < -0.3 is 19.7 Å². The molecule has 2 aliphatic heterocycles. The number of carbonyl (C=O) groups excluding carboxylic acids is 1. The van der Waals surface area contributed by atoms with Crippen LogP contribution in [-0.4, -0.2) is 49.7 Å². The summed E-state index contributed by atoms with van der Waals surface area (Å²) in [5.74, 6) is 1.93. The summed E-state index contributed by atoms with van der Waals surface area (Å²) in [6.07, 6.45) is 4.73. The van der Waals surface area contributed by atoms with E-state index in [0.29, 0.717) is 31.0 Å². The highest BCUT2D eigenvalue weighted by atomic mass is 35.5. The van der Waals surface area contributed by atoms with E-state index in [1.807, 2.05) is 24.3 Å². The molecular weight excluding hydrogens is 328 g/mol. The predicted octanol–water partition coefficient (Wildman–Crippen LogP) is 2.63. The zero-order valence-electron chi connectivity index (χ0n) is 14.2. The minimum absolute atomic E-state index is 0. The van der Waals surface area contributed by atoms with Gasteiger partial charge in [0.1, 0.15) is 11.5 Å². The number of nitrogens with zero attached hydrogens (tertiary/aromatic N) is 1. The summed E-state index contributed by atoms with van der Waals surface area (Å²) in [6.45, 7) is 2.55. The van der Waals surface area contributed by atoms with Crippen molar-refractivity contribution < 1.29 is 14.3 Å². The lowest BCUT2D eigenvalue weighted by molar-refractivity contribution is -0.134. The first-order valence-electron chi connectivity index (χ1n) is 8.56. The summed E-state index contributed by atoms with van der Waals surface area (Å²) in [7, 11) is 1.65. The van der Waals surface area contributed by atoms with Crippen LogP contribution >= 0.6 is 12.4 Å². The Morgan fingerprint density at radius 2 is 1.88 bits per heavy atom. The number of halogens is 1. The molecule has 2 bridgehead atoms. The molecule has 2 heterocycles. The standard InChI is InChI=1S/C18H26N2O3.ClH/c1-22-16-6-8-17(9-7-16)23-12-2-3-18(21)20-14-4-5-15(20)13-19-11-10-14;/h6-9,14-15,19H,2-5,10-13H2,1H3;1H. The number of methoxy groups -OCH3 is 1. The molecular formula is C18H27ClN2O3. The Balaban J connectivity index is 0.00000208. The molecule has 5 nitrogen and oxygen atoms in total. The molecule has 0 aromatic heterocycles. The summed E-state index contributed by atoms with van der Waals surface area (Å²) in [5, 5.41) is 3.43. The second-order valence-corrected chi connectivity index (χ2v) is 6.31. The maximum atomic E-state index is 12.5. The first kappa shape index (κ1) is 18.9. The van der Waals surface area contributed by atoms with Crippen LogP contribution in [-0.2, 0) is 4.79 Å². The number of ether oxygens (including phenoxy) is 2. The van der Waals surface area contributed by atoms with Crippen LogP contribution in [0.2, 0.25) is 0 Å². The van der Waals surface area contributed by atoms with E-state index >= 15 is 0 Å². The van der Waals surface area contributed by atoms with Crippen LogP contribution in [0, 0.1) is 0 Å². The Hall–Kier alpha value is -1.46. The van der Waals surface area contributed by atoms with Gasteiger partial charge >= 0.3 is 0 Å². The third kappa shape index (κ3) is 4.54. The van der Waals surface area contributed by atoms with Crippen molar-refractivity contribution in [1.29, 1.82) is 0 Å². The highest BCUT2D eigenvalue weighted by Gasteiger charge is 2.37. The fourth-order valence-corrected chi connectivity index (χ4v) is 3.60. The van der Waals surface area contributed by atoms with Gasteiger partial charge in [-0.2, -0.15) is 0 Å². The quantitative estimate of drug-likeness (QED) is 0.798. The second-order valence-electron chi connectivity index (χ2n) is 6.31. The van der Waals surface area contributed by atoms with Gasteiger partial charge in [-0.05, 0) is 56.5 Å². The lowest BCUT2D eigenvalue weighted by Gasteiger charge is -2.28. The molecule has 0 radical (unpaired) electrons. The van der Waals surface area contributed by atoms with Gasteiger partial charge in [0.05, 0.1) is 13.7 Å². The molecule has 2 unspecified atom stereocenters. The molecule has 0 saturated carbocycles. The Labute approximate surface area is 150 Å². The molecule has 6 heteroatoms. The number of fused-ring (bicyclic) bond motifs is 2. The van der Waals surface area contributed by atoms with Gasteiger partial charge in [0.25, 0.3) is 0 Å². The number of hydrogen-bond donors (Lipinski definition) is 1. The number of rotatable bonds is 6. The van der Waals surface area contributed by atoms with Crippen LogP contribution in [0.5, 0.6) is 11.5 Å². The van der Waals surface area contributed by atoms with E-state index in [1.165, 1.54) is 6.42 Å². The Kier molecular flexibility index (Phi) is 7.18. The lowest BCUT2D eigenvalue weighted by atomic mass is 10.1. The van der Waals surface area contributed by atoms with Crippen LogP contribution in [0.1, 0.15) is 32.1 Å². The molecule has 1 amide bonds. The summed E-state index contributed by atoms with van der Waals surface area (Å²) in [5.41, 5.74) is 0. The van der Waals surface area contributed by atoms with E-state index < -0.39 is 0 Å². The summed E-state index contributed by atoms with van der Waals surface area (Å²) >= 11 is 0. The number of carbonyl (C=O) groups is 1. The number of amides is 1. The molecule has 24 heavy (non-hydrogen) atoms. The molecule has 1 aromatic rings. The summed E-state index contributed by atoms with van der Waals surface area (Å²) in [6, 6.07) is 8.38. The van der Waals surface area contributed by atoms with Gasteiger partial charge in [0, 0.05) is 25.0 Å². The minimum atomic E-state index is 0. The van der Waals surface area contributed by atoms with Gasteiger partial charge in [0.2, 0.25) is 5.91 Å². The highest BCUT2D eigenvalue weighted by molar-refractivity contribution is 5.85. The fourth-order valence-electron chi connectivity index (χ4n) is 3.60. The van der Waals surface area contributed by atoms with Crippen LogP contribution in [0.25, 0.3) is 0 Å². The van der Waals surface area contributed by atoms with Gasteiger partial charge in [-0.3, -0.25) is 4.79 Å². The average Bonchev–Trinajstić information content (AvgIpc) is 2.85. The molecule has 1 aromatic carbocycles. The molecule has 2 atom stereocenters. The normalized spacial score (nSPS) is 22.5. The number of nitrogens with one attached hydrogen (secondary N) is 1. The number of hydrogen-bond acceptors (Lipinski definition) is 4. The largest absolute Gasteiger partial charge is 0.497 e. The summed E-state index contributed by atoms with van der Waals surface area (Å²) in [4.78, 5) is 14.7. The first-order valence-corrected chi connectivity index (χ1v) is 8.56. The molecule has 0 spiro atoms. The Bertz CT molecular complexity index is 510. The first-order chi connectivity index (χ1) is 11.3. The zero-order valence-corrected chi connectivity index (χ0v) is 15.0. The van der Waals surface area contributed by atoms with Crippen molar-refractivity contribution in [2.75, 3.05) is 26.8 Å². The van der Waals surface area contributed by atoms with Crippen molar-refractivity contribution in [2.24, 2.45) is 0 Å². The van der Waals surface area contributed by atoms with Crippen molar-refractivity contribution in [1.82, 2.24) is 10.2 Å². The zero-order chi connectivity index (χ0) is 16.1. The maximum Gasteiger partial charge on any atom is 0.223 e. The van der Waals surface area contributed by atoms with Crippen LogP contribution in [0.3, 0.4) is 0 Å². The van der Waals surface area contributed by atoms with Crippen molar-refractivity contribution in [3.8, 4) is 11.5 Å². The molecule has 2 saturated heterocycles. The molecule has 0 aliphatic carbocycles. The second kappa shape index (κ2) is 9.14. The van der Waals surface area contributed by atoms with Crippen molar-refractivity contribution in [2.45, 2.75) is 44.2 Å². The van der Waals surface area contributed by atoms with Crippen LogP contribution < -0.4 is 14.8 Å². The third-order valence-electron chi connectivity index (χ3n) is 4.81. The van der Waals surface area contributed by atoms with E-state index in [1.54, 1.807) is 7.11 Å². The van der Waals surface area contributed by atoms with Gasteiger partial charge in [-0.15, -0.1) is 12.4 Å². The fraction of sp³-hybridized carbons (Fsp3) is 0.611. The third-order valence-corrected chi connectivity index (χ3v) is 4.81. The van der Waals surface area contributed by atoms with Crippen molar-refractivity contribution in [3.05, 3.63) is 24.3 Å². The smallest absolute Gasteiger partial charge is 0.223 e. The van der Waals surface area contributed by atoms with E-state index in [4.69, 9.17) is 9.47 Å². The van der Waals surface area contributed by atoms with Crippen molar-refractivity contribution in [3.63, 3.8) is 0 Å². The molecule has 3 rings (SSSR count). The van der Waals surface area contributed by atoms with E-state index in [2.05, 4.69) is 10.2 Å². The van der Waals surface area contributed by atoms with E-state index in [9.17, 15) is 4.79 Å². The number of benzene rings is 1. The molecule has 1 N–H and O–H groups in total. The lowest BCUT2D eigenvalue weighted by Crippen LogP contribution is -2.42.